The zero-order valence-corrected chi connectivity index (χ0v) is 12.0. The van der Waals surface area contributed by atoms with Gasteiger partial charge in [-0.2, -0.15) is 0 Å². The second-order valence-electron chi connectivity index (χ2n) is 4.50. The van der Waals surface area contributed by atoms with E-state index >= 15 is 0 Å². The summed E-state index contributed by atoms with van der Waals surface area (Å²) in [7, 11) is 0. The molecule has 0 saturated heterocycles. The molecule has 1 saturated carbocycles. The second-order valence-corrected chi connectivity index (χ2v) is 7.86. The van der Waals surface area contributed by atoms with Crippen molar-refractivity contribution in [2.45, 2.75) is 36.9 Å². The highest BCUT2D eigenvalue weighted by Crippen LogP contribution is 2.73. The van der Waals surface area contributed by atoms with Crippen LogP contribution in [0.5, 0.6) is 0 Å². The predicted octanol–water partition coefficient (Wildman–Crippen LogP) is 5.01. The predicted molar refractivity (Wildman–Crippen MR) is 68.0 cm³/mol. The van der Waals surface area contributed by atoms with Gasteiger partial charge < -0.3 is 0 Å². The third-order valence-electron chi connectivity index (χ3n) is 3.41. The minimum atomic E-state index is -1.92. The molecule has 0 radical (unpaired) electrons. The summed E-state index contributed by atoms with van der Waals surface area (Å²) in [4.78, 5) is 0. The summed E-state index contributed by atoms with van der Waals surface area (Å²) >= 11 is 5.56. The number of hydrogen-bond acceptors (Lipinski definition) is 2. The average Bonchev–Trinajstić information content (AvgIpc) is 2.96. The lowest BCUT2D eigenvalue weighted by atomic mass is 9.95. The molecule has 1 aliphatic rings. The SMILES string of the molecule is CC1([C@@H](F)CC(F)CF)CC1(SP=S)/C(F)=C/F. The first-order valence-corrected chi connectivity index (χ1v) is 8.52. The maximum Gasteiger partial charge on any atom is 0.145 e. The highest BCUT2D eigenvalue weighted by molar-refractivity contribution is 8.58. The molecule has 0 heterocycles. The summed E-state index contributed by atoms with van der Waals surface area (Å²) in [5, 5.41) is 0. The maximum absolute atomic E-state index is 14.0. The van der Waals surface area contributed by atoms with Crippen LogP contribution in [0.25, 0.3) is 0 Å². The van der Waals surface area contributed by atoms with E-state index in [0.29, 0.717) is 6.56 Å². The molecule has 104 valence electrons. The van der Waals surface area contributed by atoms with Crippen molar-refractivity contribution in [2.24, 2.45) is 5.41 Å². The van der Waals surface area contributed by atoms with Gasteiger partial charge in [0.1, 0.15) is 31.2 Å². The smallest absolute Gasteiger partial charge is 0.145 e. The number of halogens is 5. The van der Waals surface area contributed by atoms with Gasteiger partial charge in [0.2, 0.25) is 0 Å². The lowest BCUT2D eigenvalue weighted by Crippen LogP contribution is -2.27. The largest absolute Gasteiger partial charge is 0.248 e. The molecule has 0 spiro atoms. The number of alkyl halides is 3. The molecule has 0 aliphatic heterocycles. The Morgan fingerprint density at radius 3 is 2.61 bits per heavy atom. The molecular formula is C10H12F5PS2. The zero-order chi connectivity index (χ0) is 14.0. The van der Waals surface area contributed by atoms with Gasteiger partial charge >= 0.3 is 0 Å². The normalized spacial score (nSPS) is 35.6. The van der Waals surface area contributed by atoms with E-state index in [1.165, 1.54) is 6.92 Å². The van der Waals surface area contributed by atoms with Crippen molar-refractivity contribution in [1.29, 1.82) is 0 Å². The highest BCUT2D eigenvalue weighted by atomic mass is 32.9. The van der Waals surface area contributed by atoms with Gasteiger partial charge in [-0.15, -0.1) is 0 Å². The van der Waals surface area contributed by atoms with E-state index in [9.17, 15) is 22.0 Å². The second kappa shape index (κ2) is 6.14. The topological polar surface area (TPSA) is 0 Å². The molecule has 1 rings (SSSR count). The van der Waals surface area contributed by atoms with Gasteiger partial charge in [0.05, 0.1) is 4.75 Å². The molecule has 0 nitrogen and oxygen atoms in total. The van der Waals surface area contributed by atoms with Crippen LogP contribution in [0.4, 0.5) is 22.0 Å². The third kappa shape index (κ3) is 2.73. The first-order valence-electron chi connectivity index (χ1n) is 5.19. The summed E-state index contributed by atoms with van der Waals surface area (Å²) in [6, 6.07) is 0. The van der Waals surface area contributed by atoms with Crippen LogP contribution in [0.3, 0.4) is 0 Å². The van der Waals surface area contributed by atoms with Crippen molar-refractivity contribution in [3.63, 3.8) is 0 Å². The van der Waals surface area contributed by atoms with Crippen LogP contribution >= 0.6 is 17.9 Å². The monoisotopic (exact) mass is 322 g/mol. The fourth-order valence-corrected chi connectivity index (χ4v) is 5.64. The highest BCUT2D eigenvalue weighted by Gasteiger charge is 2.71. The van der Waals surface area contributed by atoms with Gasteiger partial charge in [0, 0.05) is 18.4 Å². The summed E-state index contributed by atoms with van der Waals surface area (Å²) in [6.07, 6.45) is -4.49. The van der Waals surface area contributed by atoms with Crippen molar-refractivity contribution >= 4 is 29.7 Å². The minimum Gasteiger partial charge on any atom is -0.248 e. The molecule has 1 fully saturated rings. The van der Waals surface area contributed by atoms with Crippen LogP contribution in [-0.2, 0) is 11.8 Å². The van der Waals surface area contributed by atoms with Crippen LogP contribution in [0.1, 0.15) is 19.8 Å². The Kier molecular flexibility index (Phi) is 5.57. The number of hydrogen-bond donors (Lipinski definition) is 0. The molecule has 0 aromatic heterocycles. The number of rotatable bonds is 7. The van der Waals surface area contributed by atoms with Gasteiger partial charge in [0.25, 0.3) is 0 Å². The van der Waals surface area contributed by atoms with Gasteiger partial charge in [0.15, 0.2) is 0 Å². The molecule has 3 unspecified atom stereocenters. The molecule has 0 aromatic rings. The van der Waals surface area contributed by atoms with E-state index < -0.39 is 41.4 Å². The van der Waals surface area contributed by atoms with Crippen LogP contribution in [0, 0.1) is 5.41 Å². The Balaban J connectivity index is 2.85. The summed E-state index contributed by atoms with van der Waals surface area (Å²) in [6.45, 7) is 0.431. The van der Waals surface area contributed by atoms with Gasteiger partial charge in [-0.3, -0.25) is 0 Å². The molecule has 8 heteroatoms. The summed E-state index contributed by atoms with van der Waals surface area (Å²) in [5.41, 5.74) is -1.24. The van der Waals surface area contributed by atoms with E-state index in [2.05, 4.69) is 11.8 Å². The van der Waals surface area contributed by atoms with Crippen LogP contribution in [0.15, 0.2) is 12.2 Å². The minimum absolute atomic E-state index is 0.0285. The summed E-state index contributed by atoms with van der Waals surface area (Å²) < 4.78 is 63.3. The van der Waals surface area contributed by atoms with E-state index in [0.717, 1.165) is 11.4 Å². The lowest BCUT2D eigenvalue weighted by molar-refractivity contribution is 0.135. The fraction of sp³-hybridized carbons (Fsp3) is 0.800. The Morgan fingerprint density at radius 1 is 1.56 bits per heavy atom. The fourth-order valence-electron chi connectivity index (χ4n) is 2.07. The van der Waals surface area contributed by atoms with Gasteiger partial charge in [-0.05, 0) is 18.2 Å². The molecule has 0 amide bonds. The molecule has 18 heavy (non-hydrogen) atoms. The first-order chi connectivity index (χ1) is 8.37. The molecule has 1 aliphatic carbocycles. The van der Waals surface area contributed by atoms with E-state index in [1.807, 2.05) is 0 Å². The Labute approximate surface area is 113 Å². The Hall–Kier alpha value is 0.260. The molecular weight excluding hydrogens is 310 g/mol. The molecule has 0 aromatic carbocycles. The van der Waals surface area contributed by atoms with Crippen LogP contribution in [-0.4, -0.2) is 23.8 Å². The van der Waals surface area contributed by atoms with Crippen molar-refractivity contribution in [3.8, 4) is 0 Å². The van der Waals surface area contributed by atoms with Gasteiger partial charge in [-0.25, -0.2) is 22.0 Å². The Bertz CT molecular complexity index is 353. The molecule has 0 N–H and O–H groups in total. The third-order valence-corrected chi connectivity index (χ3v) is 6.43. The molecule has 4 atom stereocenters. The quantitative estimate of drug-likeness (QED) is 0.477. The Morgan fingerprint density at radius 2 is 2.17 bits per heavy atom. The van der Waals surface area contributed by atoms with Crippen LogP contribution < -0.4 is 0 Å². The summed E-state index contributed by atoms with van der Waals surface area (Å²) in [5.74, 6) is -1.09. The average molecular weight is 322 g/mol. The first kappa shape index (κ1) is 16.3. The maximum atomic E-state index is 14.0. The standard InChI is InChI=1S/C10H12F5PS2/c1-9(7(14)2-6(13)3-11)5-10(9,18-16-17)8(15)4-12/h4,6-7H,2-3,5H2,1H3/b8-4-/t6?,7-,9?,10?/m0/s1. The molecule has 0 bridgehead atoms. The van der Waals surface area contributed by atoms with E-state index in [-0.39, 0.29) is 12.8 Å². The van der Waals surface area contributed by atoms with Crippen LogP contribution in [0.2, 0.25) is 0 Å². The van der Waals surface area contributed by atoms with Crippen molar-refractivity contribution in [1.82, 2.24) is 0 Å². The van der Waals surface area contributed by atoms with Crippen molar-refractivity contribution in [2.75, 3.05) is 6.67 Å². The van der Waals surface area contributed by atoms with Gasteiger partial charge in [-0.1, -0.05) is 18.3 Å². The van der Waals surface area contributed by atoms with E-state index in [1.54, 1.807) is 0 Å². The van der Waals surface area contributed by atoms with E-state index in [4.69, 9.17) is 0 Å². The lowest BCUT2D eigenvalue weighted by Gasteiger charge is -2.23. The van der Waals surface area contributed by atoms with Crippen molar-refractivity contribution in [3.05, 3.63) is 12.2 Å². The zero-order valence-electron chi connectivity index (χ0n) is 9.51. The van der Waals surface area contributed by atoms with Crippen molar-refractivity contribution < 1.29 is 22.0 Å².